The zero-order valence-electron chi connectivity index (χ0n) is 27.2. The molecule has 0 bridgehead atoms. The van der Waals surface area contributed by atoms with Gasteiger partial charge in [-0.15, -0.1) is 0 Å². The molecule has 0 saturated carbocycles. The second-order valence-electron chi connectivity index (χ2n) is 11.9. The van der Waals surface area contributed by atoms with E-state index in [1.165, 1.54) is 109 Å². The molecular weight excluding hydrogens is 555 g/mol. The summed E-state index contributed by atoms with van der Waals surface area (Å²) >= 11 is 0. The zero-order valence-corrected chi connectivity index (χ0v) is 28.1. The molecule has 0 aromatic heterocycles. The number of unbranched alkanes of at least 4 members (excludes halogenated alkanes) is 22. The summed E-state index contributed by atoms with van der Waals surface area (Å²) in [7, 11) is -4.73. The lowest BCUT2D eigenvalue weighted by molar-refractivity contribution is -0.161. The van der Waals surface area contributed by atoms with Crippen LogP contribution in [0.2, 0.25) is 0 Å². The van der Waals surface area contributed by atoms with E-state index >= 15 is 0 Å². The maximum absolute atomic E-state index is 12.2. The Morgan fingerprint density at radius 3 is 1.24 bits per heavy atom. The second kappa shape index (κ2) is 30.1. The van der Waals surface area contributed by atoms with E-state index in [9.17, 15) is 14.2 Å². The topological polar surface area (TPSA) is 119 Å². The van der Waals surface area contributed by atoms with Gasteiger partial charge in [0.2, 0.25) is 0 Å². The minimum absolute atomic E-state index is 0.219. The maximum atomic E-state index is 12.2. The van der Waals surface area contributed by atoms with Gasteiger partial charge in [-0.1, -0.05) is 155 Å². The standard InChI is InChI=1S/C33H65O8P/c1-3-5-7-9-10-11-12-13-14-15-16-17-18-19-20-21-22-23-24-26-28-33(35)41-31(30-40-42(36,37)38)29-39-32(34)27-25-8-6-4-2/h31H,3-30H2,1-2H3,(H2,36,37,38). The molecular formula is C33H65O8P. The van der Waals surface area contributed by atoms with E-state index < -0.39 is 32.5 Å². The minimum atomic E-state index is -4.73. The summed E-state index contributed by atoms with van der Waals surface area (Å²) in [5, 5.41) is 0. The van der Waals surface area contributed by atoms with Crippen LogP contribution >= 0.6 is 7.82 Å². The molecule has 0 aliphatic carbocycles. The Hall–Kier alpha value is -0.950. The highest BCUT2D eigenvalue weighted by atomic mass is 31.2. The molecule has 0 aliphatic heterocycles. The summed E-state index contributed by atoms with van der Waals surface area (Å²) in [4.78, 5) is 42.1. The maximum Gasteiger partial charge on any atom is 0.469 e. The van der Waals surface area contributed by atoms with E-state index in [4.69, 9.17) is 19.3 Å². The monoisotopic (exact) mass is 620 g/mol. The number of ether oxygens (including phenoxy) is 2. The Morgan fingerprint density at radius 1 is 0.524 bits per heavy atom. The van der Waals surface area contributed by atoms with E-state index in [2.05, 4.69) is 18.4 Å². The van der Waals surface area contributed by atoms with Crippen molar-refractivity contribution in [3.8, 4) is 0 Å². The van der Waals surface area contributed by atoms with Crippen molar-refractivity contribution in [2.45, 2.75) is 187 Å². The van der Waals surface area contributed by atoms with Crippen LogP contribution in [0.5, 0.6) is 0 Å². The molecule has 0 spiro atoms. The summed E-state index contributed by atoms with van der Waals surface area (Å²) in [6, 6.07) is 0. The summed E-state index contributed by atoms with van der Waals surface area (Å²) in [6.45, 7) is 3.55. The minimum Gasteiger partial charge on any atom is -0.462 e. The van der Waals surface area contributed by atoms with Crippen molar-refractivity contribution in [2.75, 3.05) is 13.2 Å². The molecule has 0 saturated heterocycles. The average molecular weight is 621 g/mol. The predicted octanol–water partition coefficient (Wildman–Crippen LogP) is 9.73. The van der Waals surface area contributed by atoms with E-state index in [1.54, 1.807) is 0 Å². The second-order valence-corrected chi connectivity index (χ2v) is 13.1. The lowest BCUT2D eigenvalue weighted by atomic mass is 10.0. The quantitative estimate of drug-likeness (QED) is 0.0433. The van der Waals surface area contributed by atoms with Crippen LogP contribution in [0.3, 0.4) is 0 Å². The highest BCUT2D eigenvalue weighted by molar-refractivity contribution is 7.46. The van der Waals surface area contributed by atoms with E-state index in [0.717, 1.165) is 38.5 Å². The van der Waals surface area contributed by atoms with Crippen molar-refractivity contribution >= 4 is 19.8 Å². The molecule has 0 rings (SSSR count). The molecule has 9 heteroatoms. The third-order valence-electron chi connectivity index (χ3n) is 7.63. The van der Waals surface area contributed by atoms with Gasteiger partial charge in [-0.25, -0.2) is 4.57 Å². The molecule has 0 aliphatic rings. The van der Waals surface area contributed by atoms with Crippen molar-refractivity contribution in [3.05, 3.63) is 0 Å². The molecule has 0 aromatic rings. The first kappa shape index (κ1) is 41.0. The summed E-state index contributed by atoms with van der Waals surface area (Å²) < 4.78 is 26.0. The van der Waals surface area contributed by atoms with Gasteiger partial charge in [0, 0.05) is 12.8 Å². The van der Waals surface area contributed by atoms with Crippen LogP contribution in [0.25, 0.3) is 0 Å². The molecule has 1 unspecified atom stereocenters. The number of carbonyl (C=O) groups excluding carboxylic acids is 2. The Bertz CT molecular complexity index is 666. The van der Waals surface area contributed by atoms with E-state index in [0.29, 0.717) is 6.42 Å². The molecule has 0 fully saturated rings. The van der Waals surface area contributed by atoms with E-state index in [1.807, 2.05) is 0 Å². The first-order valence-electron chi connectivity index (χ1n) is 17.3. The summed E-state index contributed by atoms with van der Waals surface area (Å²) in [5.74, 6) is -0.895. The van der Waals surface area contributed by atoms with Gasteiger partial charge >= 0.3 is 19.8 Å². The molecule has 0 aromatic carbocycles. The van der Waals surface area contributed by atoms with Gasteiger partial charge in [0.25, 0.3) is 0 Å². The number of hydrogen-bond acceptors (Lipinski definition) is 6. The Kier molecular flexibility index (Phi) is 29.4. The number of phosphoric ester groups is 1. The van der Waals surface area contributed by atoms with Crippen LogP contribution in [0.15, 0.2) is 0 Å². The van der Waals surface area contributed by atoms with Crippen LogP contribution in [-0.4, -0.2) is 41.0 Å². The van der Waals surface area contributed by atoms with Crippen LogP contribution < -0.4 is 0 Å². The molecule has 0 radical (unpaired) electrons. The Labute approximate surface area is 257 Å². The number of phosphoric acid groups is 1. The molecule has 8 nitrogen and oxygen atoms in total. The fraction of sp³-hybridized carbons (Fsp3) is 0.939. The summed E-state index contributed by atoms with van der Waals surface area (Å²) in [6.07, 6.45) is 29.0. The molecule has 0 heterocycles. The van der Waals surface area contributed by atoms with Crippen molar-refractivity contribution in [1.29, 1.82) is 0 Å². The van der Waals surface area contributed by atoms with Gasteiger partial charge in [0.1, 0.15) is 6.61 Å². The van der Waals surface area contributed by atoms with Gasteiger partial charge in [-0.3, -0.25) is 14.1 Å². The number of carbonyl (C=O) groups is 2. The zero-order chi connectivity index (χ0) is 31.2. The first-order chi connectivity index (χ1) is 20.3. The van der Waals surface area contributed by atoms with Crippen LogP contribution in [0.1, 0.15) is 181 Å². The van der Waals surface area contributed by atoms with Crippen molar-refractivity contribution in [2.24, 2.45) is 0 Å². The first-order valence-corrected chi connectivity index (χ1v) is 18.9. The van der Waals surface area contributed by atoms with Crippen molar-refractivity contribution in [3.63, 3.8) is 0 Å². The van der Waals surface area contributed by atoms with Crippen molar-refractivity contribution < 1.29 is 37.9 Å². The SMILES string of the molecule is CCCCCCCCCCCCCCCCCCCCCCC(=O)OC(COC(=O)CCCCCC)COP(=O)(O)O. The van der Waals surface area contributed by atoms with Crippen molar-refractivity contribution in [1.82, 2.24) is 0 Å². The predicted molar refractivity (Wildman–Crippen MR) is 170 cm³/mol. The number of hydrogen-bond donors (Lipinski definition) is 2. The fourth-order valence-corrected chi connectivity index (χ4v) is 5.38. The number of rotatable bonds is 32. The smallest absolute Gasteiger partial charge is 0.462 e. The fourth-order valence-electron chi connectivity index (χ4n) is 5.02. The number of esters is 2. The molecule has 0 amide bonds. The normalized spacial score (nSPS) is 12.4. The Balaban J connectivity index is 3.74. The van der Waals surface area contributed by atoms with Gasteiger partial charge in [-0.05, 0) is 12.8 Å². The molecule has 250 valence electrons. The van der Waals surface area contributed by atoms with Crippen LogP contribution in [-0.2, 0) is 28.2 Å². The lowest BCUT2D eigenvalue weighted by Crippen LogP contribution is -2.29. The highest BCUT2D eigenvalue weighted by Gasteiger charge is 2.22. The average Bonchev–Trinajstić information content (AvgIpc) is 2.95. The molecule has 42 heavy (non-hydrogen) atoms. The van der Waals surface area contributed by atoms with Crippen LogP contribution in [0, 0.1) is 0 Å². The Morgan fingerprint density at radius 2 is 0.857 bits per heavy atom. The molecule has 1 atom stereocenters. The molecule has 2 N–H and O–H groups in total. The van der Waals surface area contributed by atoms with E-state index in [-0.39, 0.29) is 19.4 Å². The van der Waals surface area contributed by atoms with Gasteiger partial charge in [0.05, 0.1) is 6.61 Å². The highest BCUT2D eigenvalue weighted by Crippen LogP contribution is 2.36. The largest absolute Gasteiger partial charge is 0.469 e. The third-order valence-corrected chi connectivity index (χ3v) is 8.11. The summed E-state index contributed by atoms with van der Waals surface area (Å²) in [5.41, 5.74) is 0. The lowest BCUT2D eigenvalue weighted by Gasteiger charge is -2.18. The van der Waals surface area contributed by atoms with Gasteiger partial charge in [-0.2, -0.15) is 0 Å². The van der Waals surface area contributed by atoms with Gasteiger partial charge < -0.3 is 19.3 Å². The van der Waals surface area contributed by atoms with Crippen LogP contribution in [0.4, 0.5) is 0 Å². The van der Waals surface area contributed by atoms with Gasteiger partial charge in [0.15, 0.2) is 6.10 Å². The third kappa shape index (κ3) is 32.0.